The number of ether oxygens (including phenoxy) is 1. The number of benzene rings is 2. The largest absolute Gasteiger partial charge is 0.496 e. The van der Waals surface area contributed by atoms with Crippen LogP contribution in [0, 0.1) is 0 Å². The summed E-state index contributed by atoms with van der Waals surface area (Å²) in [5, 5.41) is 10.8. The molecular formula is C24H24N6O2. The van der Waals surface area contributed by atoms with Crippen LogP contribution in [0.2, 0.25) is 0 Å². The predicted molar refractivity (Wildman–Crippen MR) is 124 cm³/mol. The van der Waals surface area contributed by atoms with Gasteiger partial charge in [0.15, 0.2) is 5.65 Å². The number of rotatable bonds is 5. The van der Waals surface area contributed by atoms with Gasteiger partial charge in [-0.1, -0.05) is 30.3 Å². The molecule has 1 saturated heterocycles. The molecule has 2 aromatic heterocycles. The van der Waals surface area contributed by atoms with Crippen LogP contribution in [0.15, 0.2) is 67.0 Å². The topological polar surface area (TPSA) is 83.8 Å². The molecule has 1 aliphatic rings. The molecule has 2 N–H and O–H groups in total. The van der Waals surface area contributed by atoms with Gasteiger partial charge in [-0.25, -0.2) is 9.50 Å². The maximum atomic E-state index is 13.1. The van der Waals surface area contributed by atoms with E-state index in [2.05, 4.69) is 25.6 Å². The highest BCUT2D eigenvalue weighted by Gasteiger charge is 2.18. The number of nitrogens with zero attached hydrogens (tertiary/aromatic N) is 4. The average Bonchev–Trinajstić information content (AvgIpc) is 3.28. The number of hydrogen-bond donors (Lipinski definition) is 2. The van der Waals surface area contributed by atoms with E-state index in [-0.39, 0.29) is 5.91 Å². The Morgan fingerprint density at radius 3 is 2.66 bits per heavy atom. The summed E-state index contributed by atoms with van der Waals surface area (Å²) in [6.07, 6.45) is 3.49. The zero-order valence-electron chi connectivity index (χ0n) is 17.8. The van der Waals surface area contributed by atoms with Crippen molar-refractivity contribution in [2.45, 2.75) is 0 Å². The maximum Gasteiger partial charge on any atom is 0.274 e. The number of para-hydroxylation sites is 3. The fraction of sp³-hybridized carbons (Fsp3) is 0.208. The summed E-state index contributed by atoms with van der Waals surface area (Å²) < 4.78 is 7.15. The van der Waals surface area contributed by atoms with Crippen molar-refractivity contribution < 1.29 is 9.53 Å². The van der Waals surface area contributed by atoms with Gasteiger partial charge in [0.05, 0.1) is 30.2 Å². The number of piperazine rings is 1. The van der Waals surface area contributed by atoms with Crippen molar-refractivity contribution in [3.8, 4) is 16.9 Å². The molecule has 32 heavy (non-hydrogen) atoms. The summed E-state index contributed by atoms with van der Waals surface area (Å²) in [6.45, 7) is 3.64. The summed E-state index contributed by atoms with van der Waals surface area (Å²) in [7, 11) is 1.63. The predicted octanol–water partition coefficient (Wildman–Crippen LogP) is 3.07. The van der Waals surface area contributed by atoms with E-state index in [9.17, 15) is 4.79 Å². The Hall–Kier alpha value is -3.91. The summed E-state index contributed by atoms with van der Waals surface area (Å²) in [5.74, 6) is 0.464. The highest BCUT2D eigenvalue weighted by atomic mass is 16.5. The zero-order chi connectivity index (χ0) is 21.9. The molecule has 5 rings (SSSR count). The molecule has 0 unspecified atom stereocenters. The van der Waals surface area contributed by atoms with Gasteiger partial charge in [-0.05, 0) is 24.3 Å². The molecule has 3 heterocycles. The van der Waals surface area contributed by atoms with Gasteiger partial charge in [-0.2, -0.15) is 5.10 Å². The fourth-order valence-corrected chi connectivity index (χ4v) is 4.00. The molecule has 4 aromatic rings. The first-order valence-electron chi connectivity index (χ1n) is 10.6. The minimum Gasteiger partial charge on any atom is -0.496 e. The number of anilines is 2. The lowest BCUT2D eigenvalue weighted by Gasteiger charge is -2.31. The van der Waals surface area contributed by atoms with Crippen molar-refractivity contribution in [1.29, 1.82) is 0 Å². The third kappa shape index (κ3) is 3.76. The Balaban J connectivity index is 1.47. The first-order chi connectivity index (χ1) is 15.7. The smallest absolute Gasteiger partial charge is 0.274 e. The molecule has 1 fully saturated rings. The number of methoxy groups -OCH3 is 1. The second-order valence-corrected chi connectivity index (χ2v) is 7.55. The van der Waals surface area contributed by atoms with Gasteiger partial charge in [-0.3, -0.25) is 4.79 Å². The monoisotopic (exact) mass is 428 g/mol. The van der Waals surface area contributed by atoms with Crippen LogP contribution in [-0.4, -0.2) is 53.8 Å². The van der Waals surface area contributed by atoms with E-state index in [0.29, 0.717) is 11.3 Å². The first kappa shape index (κ1) is 20.0. The second kappa shape index (κ2) is 8.68. The standard InChI is InChI=1S/C24H24N6O2/c1-32-22-9-5-2-6-17(22)18-16-26-30-13-10-20(27-23(18)30)24(31)28-19-7-3-4-8-21(19)29-14-11-25-12-15-29/h2-10,13,16,25H,11-12,14-15H2,1H3,(H,28,31). The third-order valence-electron chi connectivity index (χ3n) is 5.61. The van der Waals surface area contributed by atoms with Gasteiger partial charge >= 0.3 is 0 Å². The van der Waals surface area contributed by atoms with Crippen LogP contribution in [0.1, 0.15) is 10.5 Å². The lowest BCUT2D eigenvalue weighted by atomic mass is 10.1. The van der Waals surface area contributed by atoms with Crippen LogP contribution in [0.5, 0.6) is 5.75 Å². The van der Waals surface area contributed by atoms with Gasteiger partial charge < -0.3 is 20.3 Å². The molecule has 2 aromatic carbocycles. The normalized spacial score (nSPS) is 13.8. The average molecular weight is 428 g/mol. The first-order valence-corrected chi connectivity index (χ1v) is 10.6. The van der Waals surface area contributed by atoms with Crippen molar-refractivity contribution in [3.05, 3.63) is 72.7 Å². The van der Waals surface area contributed by atoms with Crippen molar-refractivity contribution in [3.63, 3.8) is 0 Å². The number of carbonyl (C=O) groups excluding carboxylic acids is 1. The van der Waals surface area contributed by atoms with Crippen LogP contribution in [0.3, 0.4) is 0 Å². The van der Waals surface area contributed by atoms with Gasteiger partial charge in [0.2, 0.25) is 0 Å². The summed E-state index contributed by atoms with van der Waals surface area (Å²) in [4.78, 5) is 20.0. The number of aromatic nitrogens is 3. The van der Waals surface area contributed by atoms with E-state index in [1.165, 1.54) is 0 Å². The molecule has 1 aliphatic heterocycles. The van der Waals surface area contributed by atoms with Crippen LogP contribution in [0.25, 0.3) is 16.8 Å². The quantitative estimate of drug-likeness (QED) is 0.508. The summed E-state index contributed by atoms with van der Waals surface area (Å²) in [6, 6.07) is 17.2. The Kier molecular flexibility index (Phi) is 5.43. The van der Waals surface area contributed by atoms with Gasteiger partial charge in [0.25, 0.3) is 5.91 Å². The molecule has 8 nitrogen and oxygen atoms in total. The molecule has 0 atom stereocenters. The van der Waals surface area contributed by atoms with Gasteiger partial charge in [0.1, 0.15) is 11.4 Å². The van der Waals surface area contributed by atoms with Crippen molar-refractivity contribution in [2.75, 3.05) is 43.5 Å². The van der Waals surface area contributed by atoms with E-state index in [4.69, 9.17) is 4.74 Å². The molecular weight excluding hydrogens is 404 g/mol. The Morgan fingerprint density at radius 1 is 1.03 bits per heavy atom. The molecule has 0 saturated carbocycles. The molecule has 162 valence electrons. The lowest BCUT2D eigenvalue weighted by Crippen LogP contribution is -2.43. The van der Waals surface area contributed by atoms with Crippen LogP contribution >= 0.6 is 0 Å². The van der Waals surface area contributed by atoms with Gasteiger partial charge in [-0.15, -0.1) is 0 Å². The van der Waals surface area contributed by atoms with Crippen molar-refractivity contribution >= 4 is 22.9 Å². The Bertz CT molecular complexity index is 1260. The summed E-state index contributed by atoms with van der Waals surface area (Å²) in [5.41, 5.74) is 4.39. The Labute approximate surface area is 185 Å². The number of fused-ring (bicyclic) bond motifs is 1. The Morgan fingerprint density at radius 2 is 1.81 bits per heavy atom. The third-order valence-corrected chi connectivity index (χ3v) is 5.61. The second-order valence-electron chi connectivity index (χ2n) is 7.55. The molecule has 1 amide bonds. The maximum absolute atomic E-state index is 13.1. The highest BCUT2D eigenvalue weighted by molar-refractivity contribution is 6.05. The number of carbonyl (C=O) groups is 1. The minimum atomic E-state index is -0.262. The zero-order valence-corrected chi connectivity index (χ0v) is 17.8. The minimum absolute atomic E-state index is 0.262. The van der Waals surface area contributed by atoms with E-state index < -0.39 is 0 Å². The van der Waals surface area contributed by atoms with Crippen LogP contribution in [0.4, 0.5) is 11.4 Å². The molecule has 8 heteroatoms. The lowest BCUT2D eigenvalue weighted by molar-refractivity contribution is 0.102. The molecule has 0 aliphatic carbocycles. The van der Waals surface area contributed by atoms with E-state index in [1.807, 2.05) is 48.5 Å². The van der Waals surface area contributed by atoms with E-state index in [1.54, 1.807) is 30.1 Å². The van der Waals surface area contributed by atoms with Crippen molar-refractivity contribution in [2.24, 2.45) is 0 Å². The SMILES string of the molecule is COc1ccccc1-c1cnn2ccc(C(=O)Nc3ccccc3N3CCNCC3)nc12. The highest BCUT2D eigenvalue weighted by Crippen LogP contribution is 2.32. The van der Waals surface area contributed by atoms with Crippen LogP contribution in [-0.2, 0) is 0 Å². The number of hydrogen-bond acceptors (Lipinski definition) is 6. The van der Waals surface area contributed by atoms with E-state index in [0.717, 1.165) is 54.4 Å². The summed E-state index contributed by atoms with van der Waals surface area (Å²) >= 11 is 0. The van der Waals surface area contributed by atoms with Gasteiger partial charge in [0, 0.05) is 37.9 Å². The van der Waals surface area contributed by atoms with E-state index >= 15 is 0 Å². The molecule has 0 spiro atoms. The number of nitrogens with one attached hydrogen (secondary N) is 2. The molecule has 0 radical (unpaired) electrons. The molecule has 0 bridgehead atoms. The fourth-order valence-electron chi connectivity index (χ4n) is 4.00. The van der Waals surface area contributed by atoms with Crippen molar-refractivity contribution in [1.82, 2.24) is 19.9 Å². The number of amides is 1. The van der Waals surface area contributed by atoms with Crippen LogP contribution < -0.4 is 20.3 Å².